The molecule has 0 saturated carbocycles. The predicted octanol–water partition coefficient (Wildman–Crippen LogP) is 1.85. The van der Waals surface area contributed by atoms with Crippen molar-refractivity contribution in [2.75, 3.05) is 13.1 Å². The summed E-state index contributed by atoms with van der Waals surface area (Å²) in [7, 11) is 0. The molecule has 1 aliphatic heterocycles. The number of benzene rings is 1. The molecular formula is C18H19N3O3S. The number of hydrogen-bond acceptors (Lipinski definition) is 4. The molecule has 6 nitrogen and oxygen atoms in total. The Morgan fingerprint density at radius 3 is 2.60 bits per heavy atom. The zero-order chi connectivity index (χ0) is 18.0. The zero-order valence-corrected chi connectivity index (χ0v) is 14.4. The van der Waals surface area contributed by atoms with E-state index in [1.165, 1.54) is 11.3 Å². The molecule has 1 fully saturated rings. The number of carbonyl (C=O) groups is 3. The smallest absolute Gasteiger partial charge is 0.258 e. The van der Waals surface area contributed by atoms with Gasteiger partial charge in [0.05, 0.1) is 10.8 Å². The van der Waals surface area contributed by atoms with E-state index in [9.17, 15) is 14.4 Å². The number of primary amides is 2. The fourth-order valence-electron chi connectivity index (χ4n) is 3.01. The van der Waals surface area contributed by atoms with Gasteiger partial charge in [-0.15, -0.1) is 11.3 Å². The average molecular weight is 357 g/mol. The zero-order valence-electron chi connectivity index (χ0n) is 13.6. The van der Waals surface area contributed by atoms with Gasteiger partial charge in [-0.1, -0.05) is 12.1 Å². The van der Waals surface area contributed by atoms with E-state index in [1.807, 2.05) is 18.2 Å². The number of carbonyl (C=O) groups excluding carboxylic acids is 3. The number of nitrogens with two attached hydrogens (primary N) is 2. The van der Waals surface area contributed by atoms with Gasteiger partial charge in [0.1, 0.15) is 0 Å². The molecule has 130 valence electrons. The molecule has 3 rings (SSSR count). The third kappa shape index (κ3) is 3.71. The lowest BCUT2D eigenvalue weighted by Gasteiger charge is -2.31. The Morgan fingerprint density at radius 2 is 1.92 bits per heavy atom. The first-order chi connectivity index (χ1) is 12.0. The summed E-state index contributed by atoms with van der Waals surface area (Å²) in [5.41, 5.74) is 12.1. The Bertz CT molecular complexity index is 830. The predicted molar refractivity (Wildman–Crippen MR) is 96.1 cm³/mol. The normalized spacial score (nSPS) is 17.3. The number of nitrogens with zero attached hydrogens (tertiary/aromatic N) is 1. The molecule has 25 heavy (non-hydrogen) atoms. The number of thiophene rings is 1. The number of likely N-dealkylation sites (tertiary alicyclic amines) is 1. The van der Waals surface area contributed by atoms with E-state index in [0.29, 0.717) is 23.5 Å². The third-order valence-electron chi connectivity index (χ3n) is 4.35. The van der Waals surface area contributed by atoms with Crippen molar-refractivity contribution in [3.05, 3.63) is 46.8 Å². The fraction of sp³-hybridized carbons (Fsp3) is 0.278. The van der Waals surface area contributed by atoms with Crippen LogP contribution in [0.15, 0.2) is 36.4 Å². The van der Waals surface area contributed by atoms with Gasteiger partial charge in [0.25, 0.3) is 11.8 Å². The van der Waals surface area contributed by atoms with Crippen LogP contribution in [0.4, 0.5) is 0 Å². The van der Waals surface area contributed by atoms with Gasteiger partial charge in [0.15, 0.2) is 0 Å². The molecule has 3 amide bonds. The molecule has 1 atom stereocenters. The molecule has 1 saturated heterocycles. The molecule has 7 heteroatoms. The first kappa shape index (κ1) is 17.2. The Morgan fingerprint density at radius 1 is 1.12 bits per heavy atom. The second kappa shape index (κ2) is 7.06. The minimum Gasteiger partial charge on any atom is -0.369 e. The van der Waals surface area contributed by atoms with E-state index in [4.69, 9.17) is 11.5 Å². The maximum Gasteiger partial charge on any atom is 0.258 e. The van der Waals surface area contributed by atoms with Crippen molar-refractivity contribution in [2.45, 2.75) is 12.8 Å². The second-order valence-electron chi connectivity index (χ2n) is 6.10. The highest BCUT2D eigenvalue weighted by Gasteiger charge is 2.27. The molecule has 0 aliphatic carbocycles. The fourth-order valence-corrected chi connectivity index (χ4v) is 3.86. The maximum absolute atomic E-state index is 12.8. The highest BCUT2D eigenvalue weighted by molar-refractivity contribution is 7.17. The molecule has 2 aromatic rings. The van der Waals surface area contributed by atoms with E-state index in [0.717, 1.165) is 23.3 Å². The summed E-state index contributed by atoms with van der Waals surface area (Å²) in [6.07, 6.45) is 1.50. The molecule has 1 aromatic heterocycles. The lowest BCUT2D eigenvalue weighted by Crippen LogP contribution is -2.44. The molecule has 0 spiro atoms. The SMILES string of the molecule is NC(=O)c1ccc(-c2cccc(C(=O)N3CCCC(C(N)=O)C3)c2)s1. The number of amides is 3. The van der Waals surface area contributed by atoms with E-state index in [2.05, 4.69) is 0 Å². The Labute approximate surface area is 149 Å². The third-order valence-corrected chi connectivity index (χ3v) is 5.50. The maximum atomic E-state index is 12.8. The largest absolute Gasteiger partial charge is 0.369 e. The van der Waals surface area contributed by atoms with Crippen LogP contribution in [-0.4, -0.2) is 35.7 Å². The number of rotatable bonds is 4. The lowest BCUT2D eigenvalue weighted by atomic mass is 9.96. The average Bonchev–Trinajstić information content (AvgIpc) is 3.12. The highest BCUT2D eigenvalue weighted by Crippen LogP contribution is 2.29. The van der Waals surface area contributed by atoms with Crippen molar-refractivity contribution in [1.82, 2.24) is 4.90 Å². The van der Waals surface area contributed by atoms with Crippen molar-refractivity contribution < 1.29 is 14.4 Å². The van der Waals surface area contributed by atoms with Crippen LogP contribution in [0.3, 0.4) is 0 Å². The molecule has 1 unspecified atom stereocenters. The summed E-state index contributed by atoms with van der Waals surface area (Å²) < 4.78 is 0. The Kier molecular flexibility index (Phi) is 4.85. The van der Waals surface area contributed by atoms with Gasteiger partial charge in [-0.05, 0) is 42.7 Å². The van der Waals surface area contributed by atoms with Gasteiger partial charge >= 0.3 is 0 Å². The summed E-state index contributed by atoms with van der Waals surface area (Å²) in [5.74, 6) is -1.21. The van der Waals surface area contributed by atoms with Crippen molar-refractivity contribution in [2.24, 2.45) is 17.4 Å². The van der Waals surface area contributed by atoms with E-state index in [-0.39, 0.29) is 17.7 Å². The van der Waals surface area contributed by atoms with Crippen molar-refractivity contribution in [3.63, 3.8) is 0 Å². The van der Waals surface area contributed by atoms with Crippen LogP contribution in [0.2, 0.25) is 0 Å². The van der Waals surface area contributed by atoms with Crippen LogP contribution in [0.25, 0.3) is 10.4 Å². The monoisotopic (exact) mass is 357 g/mol. The topological polar surface area (TPSA) is 106 Å². The van der Waals surface area contributed by atoms with Crippen molar-refractivity contribution in [1.29, 1.82) is 0 Å². The van der Waals surface area contributed by atoms with Crippen LogP contribution in [0, 0.1) is 5.92 Å². The molecular weight excluding hydrogens is 338 g/mol. The summed E-state index contributed by atoms with van der Waals surface area (Å²) in [4.78, 5) is 38.5. The van der Waals surface area contributed by atoms with Crippen LogP contribution in [-0.2, 0) is 4.79 Å². The second-order valence-corrected chi connectivity index (χ2v) is 7.19. The molecule has 0 radical (unpaired) electrons. The molecule has 1 aromatic carbocycles. The molecule has 1 aliphatic rings. The van der Waals surface area contributed by atoms with Gasteiger partial charge in [-0.2, -0.15) is 0 Å². The van der Waals surface area contributed by atoms with Gasteiger partial charge < -0.3 is 16.4 Å². The first-order valence-corrected chi connectivity index (χ1v) is 8.86. The van der Waals surface area contributed by atoms with E-state index < -0.39 is 5.91 Å². The molecule has 4 N–H and O–H groups in total. The minimum atomic E-state index is -0.464. The Balaban J connectivity index is 1.81. The van der Waals surface area contributed by atoms with E-state index >= 15 is 0 Å². The van der Waals surface area contributed by atoms with Crippen molar-refractivity contribution in [3.8, 4) is 10.4 Å². The molecule has 0 bridgehead atoms. The van der Waals surface area contributed by atoms with Crippen LogP contribution >= 0.6 is 11.3 Å². The van der Waals surface area contributed by atoms with Crippen molar-refractivity contribution >= 4 is 29.1 Å². The van der Waals surface area contributed by atoms with Gasteiger partial charge in [0, 0.05) is 23.5 Å². The van der Waals surface area contributed by atoms with Crippen LogP contribution in [0.1, 0.15) is 32.9 Å². The minimum absolute atomic E-state index is 0.112. The Hall–Kier alpha value is -2.67. The first-order valence-electron chi connectivity index (χ1n) is 8.04. The summed E-state index contributed by atoms with van der Waals surface area (Å²) in [6.45, 7) is 0.987. The van der Waals surface area contributed by atoms with Gasteiger partial charge in [-0.25, -0.2) is 0 Å². The van der Waals surface area contributed by atoms with Crippen LogP contribution < -0.4 is 11.5 Å². The summed E-state index contributed by atoms with van der Waals surface area (Å²) >= 11 is 1.29. The molecule has 2 heterocycles. The van der Waals surface area contributed by atoms with Gasteiger partial charge in [-0.3, -0.25) is 14.4 Å². The van der Waals surface area contributed by atoms with Gasteiger partial charge in [0.2, 0.25) is 5.91 Å². The standard InChI is InChI=1S/C18H19N3O3S/c19-16(22)13-5-2-8-21(10-13)18(24)12-4-1-3-11(9-12)14-6-7-15(25-14)17(20)23/h1,3-4,6-7,9,13H,2,5,8,10H2,(H2,19,22)(H2,20,23). The lowest BCUT2D eigenvalue weighted by molar-refractivity contribution is -0.123. The number of hydrogen-bond donors (Lipinski definition) is 2. The highest BCUT2D eigenvalue weighted by atomic mass is 32.1. The summed E-state index contributed by atoms with van der Waals surface area (Å²) in [6, 6.07) is 10.7. The quantitative estimate of drug-likeness (QED) is 0.872. The van der Waals surface area contributed by atoms with Crippen LogP contribution in [0.5, 0.6) is 0 Å². The number of piperidine rings is 1. The van der Waals surface area contributed by atoms with E-state index in [1.54, 1.807) is 23.1 Å². The summed E-state index contributed by atoms with van der Waals surface area (Å²) in [5, 5.41) is 0.